The molecule has 1 N–H and O–H groups in total. The highest BCUT2D eigenvalue weighted by Crippen LogP contribution is 2.21. The molecule has 3 rings (SSSR count). The van der Waals surface area contributed by atoms with E-state index in [1.807, 2.05) is 30.5 Å². The van der Waals surface area contributed by atoms with Crippen LogP contribution in [0.25, 0.3) is 10.2 Å². The van der Waals surface area contributed by atoms with Crippen LogP contribution in [0.4, 0.5) is 5.69 Å². The second-order valence-corrected chi connectivity index (χ2v) is 6.54. The zero-order valence-electron chi connectivity index (χ0n) is 13.7. The highest BCUT2D eigenvalue weighted by molar-refractivity contribution is 7.16. The smallest absolute Gasteiger partial charge is 0.262 e. The third-order valence-corrected chi connectivity index (χ3v) is 4.86. The molecule has 0 saturated heterocycles. The Morgan fingerprint density at radius 2 is 2.17 bits per heavy atom. The number of aryl methyl sites for hydroxylation is 3. The first-order valence-electron chi connectivity index (χ1n) is 7.91. The fourth-order valence-corrected chi connectivity index (χ4v) is 3.40. The summed E-state index contributed by atoms with van der Waals surface area (Å²) in [6.07, 6.45) is 2.60. The van der Waals surface area contributed by atoms with E-state index in [0.717, 1.165) is 28.1 Å². The van der Waals surface area contributed by atoms with Gasteiger partial charge in [0.15, 0.2) is 0 Å². The van der Waals surface area contributed by atoms with Crippen molar-refractivity contribution in [2.45, 2.75) is 33.2 Å². The van der Waals surface area contributed by atoms with Gasteiger partial charge in [0, 0.05) is 18.7 Å². The molecule has 3 aromatic rings. The van der Waals surface area contributed by atoms with Gasteiger partial charge in [0.25, 0.3) is 5.56 Å². The van der Waals surface area contributed by atoms with Gasteiger partial charge in [-0.2, -0.15) is 0 Å². The van der Waals surface area contributed by atoms with Crippen molar-refractivity contribution in [3.05, 3.63) is 57.5 Å². The van der Waals surface area contributed by atoms with Crippen LogP contribution in [-0.4, -0.2) is 15.5 Å². The SMILES string of the molecule is CCc1cccc(C)c1NC(=O)CCn1cnc2sccc2c1=O. The molecule has 2 heterocycles. The van der Waals surface area contributed by atoms with E-state index in [1.54, 1.807) is 6.07 Å². The number of aromatic nitrogens is 2. The highest BCUT2D eigenvalue weighted by Gasteiger charge is 2.10. The minimum Gasteiger partial charge on any atom is -0.326 e. The van der Waals surface area contributed by atoms with Crippen molar-refractivity contribution >= 4 is 33.1 Å². The van der Waals surface area contributed by atoms with E-state index in [0.29, 0.717) is 11.9 Å². The normalized spacial score (nSPS) is 10.9. The maximum atomic E-state index is 12.3. The summed E-state index contributed by atoms with van der Waals surface area (Å²) in [5, 5.41) is 5.43. The number of hydrogen-bond donors (Lipinski definition) is 1. The molecule has 2 aromatic heterocycles. The summed E-state index contributed by atoms with van der Waals surface area (Å²) in [5.41, 5.74) is 2.94. The van der Waals surface area contributed by atoms with Crippen molar-refractivity contribution in [1.82, 2.24) is 9.55 Å². The Morgan fingerprint density at radius 3 is 2.96 bits per heavy atom. The average Bonchev–Trinajstić information content (AvgIpc) is 3.05. The van der Waals surface area contributed by atoms with Gasteiger partial charge < -0.3 is 5.32 Å². The van der Waals surface area contributed by atoms with Gasteiger partial charge in [-0.1, -0.05) is 25.1 Å². The minimum atomic E-state index is -0.101. The number of benzene rings is 1. The van der Waals surface area contributed by atoms with Gasteiger partial charge in [-0.05, 0) is 35.9 Å². The third kappa shape index (κ3) is 3.23. The third-order valence-electron chi connectivity index (χ3n) is 4.03. The summed E-state index contributed by atoms with van der Waals surface area (Å²) in [4.78, 5) is 29.6. The highest BCUT2D eigenvalue weighted by atomic mass is 32.1. The Kier molecular flexibility index (Phi) is 4.76. The molecule has 0 aliphatic rings. The number of nitrogens with zero attached hydrogens (tertiary/aromatic N) is 2. The van der Waals surface area contributed by atoms with E-state index in [-0.39, 0.29) is 17.9 Å². The Hall–Kier alpha value is -2.47. The topological polar surface area (TPSA) is 64.0 Å². The number of anilines is 1. The number of para-hydroxylation sites is 1. The summed E-state index contributed by atoms with van der Waals surface area (Å²) in [5.74, 6) is -0.101. The van der Waals surface area contributed by atoms with Crippen LogP contribution in [0.2, 0.25) is 0 Å². The van der Waals surface area contributed by atoms with Gasteiger partial charge in [0.1, 0.15) is 4.83 Å². The van der Waals surface area contributed by atoms with Crippen molar-refractivity contribution in [3.8, 4) is 0 Å². The Balaban J connectivity index is 1.71. The van der Waals surface area contributed by atoms with Gasteiger partial charge >= 0.3 is 0 Å². The second-order valence-electron chi connectivity index (χ2n) is 5.64. The van der Waals surface area contributed by atoms with Gasteiger partial charge in [0.05, 0.1) is 11.7 Å². The molecular formula is C18H19N3O2S. The molecular weight excluding hydrogens is 322 g/mol. The molecule has 0 bridgehead atoms. The van der Waals surface area contributed by atoms with Crippen molar-refractivity contribution in [3.63, 3.8) is 0 Å². The number of nitrogens with one attached hydrogen (secondary N) is 1. The van der Waals surface area contributed by atoms with E-state index in [2.05, 4.69) is 17.2 Å². The number of thiophene rings is 1. The van der Waals surface area contributed by atoms with E-state index in [1.165, 1.54) is 22.2 Å². The Morgan fingerprint density at radius 1 is 1.33 bits per heavy atom. The van der Waals surface area contributed by atoms with Gasteiger partial charge in [-0.15, -0.1) is 11.3 Å². The average molecular weight is 341 g/mol. The van der Waals surface area contributed by atoms with Gasteiger partial charge in [0.2, 0.25) is 5.91 Å². The van der Waals surface area contributed by atoms with Crippen LogP contribution in [0.3, 0.4) is 0 Å². The van der Waals surface area contributed by atoms with Gasteiger partial charge in [-0.25, -0.2) is 4.98 Å². The first-order valence-corrected chi connectivity index (χ1v) is 8.79. The summed E-state index contributed by atoms with van der Waals surface area (Å²) in [7, 11) is 0. The van der Waals surface area contributed by atoms with Gasteiger partial charge in [-0.3, -0.25) is 14.2 Å². The van der Waals surface area contributed by atoms with Crippen LogP contribution in [0.1, 0.15) is 24.5 Å². The molecule has 0 fully saturated rings. The minimum absolute atomic E-state index is 0.0980. The van der Waals surface area contributed by atoms with Crippen molar-refractivity contribution < 1.29 is 4.79 Å². The maximum Gasteiger partial charge on any atom is 0.262 e. The van der Waals surface area contributed by atoms with Crippen LogP contribution < -0.4 is 10.9 Å². The lowest BCUT2D eigenvalue weighted by Gasteiger charge is -2.13. The monoisotopic (exact) mass is 341 g/mol. The van der Waals surface area contributed by atoms with E-state index in [4.69, 9.17) is 0 Å². The molecule has 0 aliphatic heterocycles. The fraction of sp³-hybridized carbons (Fsp3) is 0.278. The molecule has 0 unspecified atom stereocenters. The second kappa shape index (κ2) is 6.97. The molecule has 6 heteroatoms. The van der Waals surface area contributed by atoms with E-state index in [9.17, 15) is 9.59 Å². The summed E-state index contributed by atoms with van der Waals surface area (Å²) in [6.45, 7) is 4.36. The number of hydrogen-bond acceptors (Lipinski definition) is 4. The maximum absolute atomic E-state index is 12.3. The summed E-state index contributed by atoms with van der Waals surface area (Å²) < 4.78 is 1.49. The zero-order chi connectivity index (χ0) is 17.1. The largest absolute Gasteiger partial charge is 0.326 e. The molecule has 5 nitrogen and oxygen atoms in total. The van der Waals surface area contributed by atoms with Crippen molar-refractivity contribution in [1.29, 1.82) is 0 Å². The lowest BCUT2D eigenvalue weighted by molar-refractivity contribution is -0.116. The van der Waals surface area contributed by atoms with Crippen molar-refractivity contribution in [2.75, 3.05) is 5.32 Å². The molecule has 0 radical (unpaired) electrons. The zero-order valence-corrected chi connectivity index (χ0v) is 14.5. The summed E-state index contributed by atoms with van der Waals surface area (Å²) in [6, 6.07) is 7.76. The Labute approximate surface area is 144 Å². The molecule has 0 aliphatic carbocycles. The molecule has 1 amide bonds. The molecule has 1 aromatic carbocycles. The number of rotatable bonds is 5. The van der Waals surface area contributed by atoms with Crippen LogP contribution >= 0.6 is 11.3 Å². The van der Waals surface area contributed by atoms with Crippen LogP contribution in [0.15, 0.2) is 40.8 Å². The molecule has 124 valence electrons. The number of carbonyl (C=O) groups is 1. The first-order chi connectivity index (χ1) is 11.6. The first kappa shape index (κ1) is 16.4. The molecule has 0 spiro atoms. The van der Waals surface area contributed by atoms with Crippen LogP contribution in [0, 0.1) is 6.92 Å². The van der Waals surface area contributed by atoms with E-state index < -0.39 is 0 Å². The molecule has 24 heavy (non-hydrogen) atoms. The predicted octanol–water partition coefficient (Wildman–Crippen LogP) is 3.36. The molecule has 0 atom stereocenters. The molecule has 0 saturated carbocycles. The fourth-order valence-electron chi connectivity index (χ4n) is 2.68. The van der Waals surface area contributed by atoms with E-state index >= 15 is 0 Å². The predicted molar refractivity (Wildman–Crippen MR) is 97.7 cm³/mol. The standard InChI is InChI=1S/C18H19N3O2S/c1-3-13-6-4-5-12(2)16(13)20-15(22)7-9-21-11-19-17-14(18(21)23)8-10-24-17/h4-6,8,10-11H,3,7,9H2,1-2H3,(H,20,22). The van der Waals surface area contributed by atoms with Crippen molar-refractivity contribution in [2.24, 2.45) is 0 Å². The lowest BCUT2D eigenvalue weighted by atomic mass is 10.1. The number of carbonyl (C=O) groups excluding carboxylic acids is 1. The Bertz CT molecular complexity index is 943. The van der Waals surface area contributed by atoms with Crippen LogP contribution in [0.5, 0.6) is 0 Å². The number of amides is 1. The quantitative estimate of drug-likeness (QED) is 0.774. The lowest BCUT2D eigenvalue weighted by Crippen LogP contribution is -2.23. The van der Waals surface area contributed by atoms with Crippen LogP contribution in [-0.2, 0) is 17.8 Å². The number of fused-ring (bicyclic) bond motifs is 1. The summed E-state index contributed by atoms with van der Waals surface area (Å²) >= 11 is 1.44.